The fourth-order valence-electron chi connectivity index (χ4n) is 2.50. The van der Waals surface area contributed by atoms with Crippen molar-refractivity contribution >= 4 is 17.5 Å². The highest BCUT2D eigenvalue weighted by molar-refractivity contribution is 5.88. The number of likely N-dealkylation sites (N-methyl/N-ethyl adjacent to an activating group) is 1. The lowest BCUT2D eigenvalue weighted by Gasteiger charge is -2.34. The van der Waals surface area contributed by atoms with E-state index < -0.39 is 6.04 Å². The maximum atomic E-state index is 12.3. The number of amides is 2. The van der Waals surface area contributed by atoms with Gasteiger partial charge in [-0.25, -0.2) is 0 Å². The van der Waals surface area contributed by atoms with Crippen molar-refractivity contribution in [1.29, 1.82) is 0 Å². The van der Waals surface area contributed by atoms with Crippen LogP contribution in [-0.2, 0) is 9.59 Å². The van der Waals surface area contributed by atoms with Crippen LogP contribution < -0.4 is 15.8 Å². The Balaban J connectivity index is 1.98. The van der Waals surface area contributed by atoms with E-state index in [0.29, 0.717) is 24.4 Å². The average Bonchev–Trinajstić information content (AvgIpc) is 2.53. The number of hydrogen-bond acceptors (Lipinski definition) is 4. The Morgan fingerprint density at radius 2 is 2.14 bits per heavy atom. The van der Waals surface area contributed by atoms with Gasteiger partial charge in [0.15, 0.2) is 6.61 Å². The number of piperidine rings is 1. The van der Waals surface area contributed by atoms with Crippen molar-refractivity contribution in [3.05, 3.63) is 24.3 Å². The summed E-state index contributed by atoms with van der Waals surface area (Å²) in [5.74, 6) is 0.174. The van der Waals surface area contributed by atoms with Crippen molar-refractivity contribution in [3.63, 3.8) is 0 Å². The molecule has 1 atom stereocenters. The van der Waals surface area contributed by atoms with Crippen molar-refractivity contribution in [1.82, 2.24) is 10.2 Å². The maximum absolute atomic E-state index is 12.3. The van der Waals surface area contributed by atoms with Crippen molar-refractivity contribution in [2.24, 2.45) is 0 Å². The summed E-state index contributed by atoms with van der Waals surface area (Å²) < 4.78 is 5.47. The summed E-state index contributed by atoms with van der Waals surface area (Å²) in [5.41, 5.74) is 6.26. The fourth-order valence-corrected chi connectivity index (χ4v) is 2.50. The molecule has 1 heterocycles. The number of carbonyl (C=O) groups is 2. The van der Waals surface area contributed by atoms with Crippen LogP contribution >= 0.6 is 0 Å². The van der Waals surface area contributed by atoms with Crippen LogP contribution in [0.15, 0.2) is 24.3 Å². The zero-order valence-corrected chi connectivity index (χ0v) is 12.2. The minimum atomic E-state index is -0.395. The van der Waals surface area contributed by atoms with Gasteiger partial charge in [-0.15, -0.1) is 0 Å². The first-order chi connectivity index (χ1) is 10.1. The molecule has 0 bridgehead atoms. The third kappa shape index (κ3) is 3.65. The van der Waals surface area contributed by atoms with Gasteiger partial charge in [-0.3, -0.25) is 9.59 Å². The average molecular weight is 291 g/mol. The number of nitrogens with two attached hydrogens (primary N) is 1. The molecule has 0 aromatic heterocycles. The molecule has 0 spiro atoms. The van der Waals surface area contributed by atoms with Gasteiger partial charge in [-0.2, -0.15) is 0 Å². The minimum absolute atomic E-state index is 0.109. The van der Waals surface area contributed by atoms with Crippen LogP contribution in [0.3, 0.4) is 0 Å². The molecule has 6 heteroatoms. The van der Waals surface area contributed by atoms with E-state index in [2.05, 4.69) is 5.32 Å². The summed E-state index contributed by atoms with van der Waals surface area (Å²) in [5, 5.41) is 2.61. The molecule has 0 saturated carbocycles. The van der Waals surface area contributed by atoms with E-state index in [0.717, 1.165) is 12.8 Å². The second-order valence-electron chi connectivity index (χ2n) is 5.04. The van der Waals surface area contributed by atoms with Crippen molar-refractivity contribution < 1.29 is 14.3 Å². The van der Waals surface area contributed by atoms with Crippen molar-refractivity contribution in [3.8, 4) is 5.75 Å². The molecule has 1 aliphatic heterocycles. The van der Waals surface area contributed by atoms with E-state index in [1.807, 2.05) is 0 Å². The van der Waals surface area contributed by atoms with E-state index in [1.165, 1.54) is 0 Å². The first-order valence-electron chi connectivity index (χ1n) is 7.12. The number of anilines is 1. The summed E-state index contributed by atoms with van der Waals surface area (Å²) in [6.45, 7) is 0.478. The molecule has 114 valence electrons. The van der Waals surface area contributed by atoms with Gasteiger partial charge in [0.25, 0.3) is 5.91 Å². The van der Waals surface area contributed by atoms with E-state index in [-0.39, 0.29) is 18.4 Å². The summed E-state index contributed by atoms with van der Waals surface area (Å²) in [7, 11) is 1.58. The summed E-state index contributed by atoms with van der Waals surface area (Å²) in [4.78, 5) is 25.7. The van der Waals surface area contributed by atoms with Crippen LogP contribution in [0.25, 0.3) is 0 Å². The van der Waals surface area contributed by atoms with Gasteiger partial charge in [0.1, 0.15) is 11.8 Å². The summed E-state index contributed by atoms with van der Waals surface area (Å²) in [6, 6.07) is 6.64. The number of hydrogen-bond donors (Lipinski definition) is 2. The number of nitrogens with one attached hydrogen (secondary N) is 1. The zero-order chi connectivity index (χ0) is 15.2. The van der Waals surface area contributed by atoms with Crippen LogP contribution in [-0.4, -0.2) is 43.0 Å². The van der Waals surface area contributed by atoms with Gasteiger partial charge in [0.2, 0.25) is 5.91 Å². The highest BCUT2D eigenvalue weighted by atomic mass is 16.5. The predicted molar refractivity (Wildman–Crippen MR) is 79.8 cm³/mol. The molecule has 2 amide bonds. The molecule has 2 rings (SSSR count). The molecule has 1 fully saturated rings. The molecule has 21 heavy (non-hydrogen) atoms. The zero-order valence-electron chi connectivity index (χ0n) is 12.2. The highest BCUT2D eigenvalue weighted by Gasteiger charge is 2.31. The van der Waals surface area contributed by atoms with Crippen LogP contribution in [0.1, 0.15) is 19.3 Å². The van der Waals surface area contributed by atoms with Gasteiger partial charge in [-0.05, 0) is 31.4 Å². The Labute approximate surface area is 124 Å². The first kappa shape index (κ1) is 15.2. The van der Waals surface area contributed by atoms with Gasteiger partial charge in [-0.1, -0.05) is 12.1 Å². The van der Waals surface area contributed by atoms with Crippen molar-refractivity contribution in [2.75, 3.05) is 25.9 Å². The SMILES string of the molecule is CNC(=O)C1CCCCN1C(=O)COc1ccccc1N. The lowest BCUT2D eigenvalue weighted by atomic mass is 10.0. The topological polar surface area (TPSA) is 84.7 Å². The standard InChI is InChI=1S/C15H21N3O3/c1-17-15(20)12-7-4-5-9-18(12)14(19)10-21-13-8-3-2-6-11(13)16/h2-3,6,8,12H,4-5,7,9-10,16H2,1H3,(H,17,20). The maximum Gasteiger partial charge on any atom is 0.261 e. The minimum Gasteiger partial charge on any atom is -0.482 e. The van der Waals surface area contributed by atoms with Crippen LogP contribution in [0, 0.1) is 0 Å². The first-order valence-corrected chi connectivity index (χ1v) is 7.12. The van der Waals surface area contributed by atoms with Gasteiger partial charge < -0.3 is 20.7 Å². The number of rotatable bonds is 4. The number of benzene rings is 1. The number of nitrogen functional groups attached to an aromatic ring is 1. The van der Waals surface area contributed by atoms with Crippen molar-refractivity contribution in [2.45, 2.75) is 25.3 Å². The van der Waals surface area contributed by atoms with Crippen LogP contribution in [0.4, 0.5) is 5.69 Å². The van der Waals surface area contributed by atoms with Gasteiger partial charge >= 0.3 is 0 Å². The normalized spacial score (nSPS) is 18.1. The molecule has 1 aliphatic rings. The molecule has 1 unspecified atom stereocenters. The number of carbonyl (C=O) groups excluding carboxylic acids is 2. The largest absolute Gasteiger partial charge is 0.482 e. The molecule has 6 nitrogen and oxygen atoms in total. The number of para-hydroxylation sites is 2. The van der Waals surface area contributed by atoms with Crippen LogP contribution in [0.2, 0.25) is 0 Å². The van der Waals surface area contributed by atoms with Gasteiger partial charge in [0.05, 0.1) is 5.69 Å². The molecule has 1 saturated heterocycles. The molecule has 0 radical (unpaired) electrons. The van der Waals surface area contributed by atoms with E-state index in [4.69, 9.17) is 10.5 Å². The second-order valence-corrected chi connectivity index (χ2v) is 5.04. The van der Waals surface area contributed by atoms with E-state index >= 15 is 0 Å². The van der Waals surface area contributed by atoms with E-state index in [9.17, 15) is 9.59 Å². The summed E-state index contributed by atoms with van der Waals surface area (Å²) >= 11 is 0. The predicted octanol–water partition coefficient (Wildman–Crippen LogP) is 0.775. The second kappa shape index (κ2) is 6.97. The molecule has 1 aromatic carbocycles. The van der Waals surface area contributed by atoms with E-state index in [1.54, 1.807) is 36.2 Å². The number of nitrogens with zero attached hydrogens (tertiary/aromatic N) is 1. The smallest absolute Gasteiger partial charge is 0.261 e. The number of likely N-dealkylation sites (tertiary alicyclic amines) is 1. The third-order valence-electron chi connectivity index (χ3n) is 3.64. The Morgan fingerprint density at radius 1 is 1.38 bits per heavy atom. The third-order valence-corrected chi connectivity index (χ3v) is 3.64. The fraction of sp³-hybridized carbons (Fsp3) is 0.467. The lowest BCUT2D eigenvalue weighted by Crippen LogP contribution is -2.52. The Hall–Kier alpha value is -2.24. The molecule has 1 aromatic rings. The quantitative estimate of drug-likeness (QED) is 0.803. The Bertz CT molecular complexity index is 519. The Kier molecular flexibility index (Phi) is 5.03. The lowest BCUT2D eigenvalue weighted by molar-refractivity contribution is -0.143. The highest BCUT2D eigenvalue weighted by Crippen LogP contribution is 2.21. The van der Waals surface area contributed by atoms with Gasteiger partial charge in [0, 0.05) is 13.6 Å². The molecular formula is C15H21N3O3. The van der Waals surface area contributed by atoms with Crippen LogP contribution in [0.5, 0.6) is 5.75 Å². The molecular weight excluding hydrogens is 270 g/mol. The summed E-state index contributed by atoms with van der Waals surface area (Å²) in [6.07, 6.45) is 2.56. The Morgan fingerprint density at radius 3 is 2.86 bits per heavy atom. The molecule has 0 aliphatic carbocycles. The monoisotopic (exact) mass is 291 g/mol. The molecule has 3 N–H and O–H groups in total. The number of ether oxygens (including phenoxy) is 1.